The predicted molar refractivity (Wildman–Crippen MR) is 101 cm³/mol. The Morgan fingerprint density at radius 3 is 2.54 bits per heavy atom. The first kappa shape index (κ1) is 20.8. The van der Waals surface area contributed by atoms with E-state index in [1.807, 2.05) is 24.3 Å². The molecule has 1 aliphatic carbocycles. The zero-order chi connectivity index (χ0) is 16.3. The summed E-state index contributed by atoms with van der Waals surface area (Å²) in [4.78, 5) is 11.9. The van der Waals surface area contributed by atoms with Gasteiger partial charge in [-0.05, 0) is 30.9 Å². The maximum Gasteiger partial charge on any atom is 0.220 e. The summed E-state index contributed by atoms with van der Waals surface area (Å²) >= 11 is 0. The van der Waals surface area contributed by atoms with Gasteiger partial charge in [0.1, 0.15) is 5.75 Å². The molecule has 5 heteroatoms. The van der Waals surface area contributed by atoms with Gasteiger partial charge >= 0.3 is 0 Å². The molecule has 0 radical (unpaired) electrons. The highest BCUT2D eigenvalue weighted by Gasteiger charge is 2.11. The lowest BCUT2D eigenvalue weighted by Crippen LogP contribution is -2.36. The zero-order valence-electron chi connectivity index (χ0n) is 14.7. The summed E-state index contributed by atoms with van der Waals surface area (Å²) in [6, 6.07) is 8.51. The van der Waals surface area contributed by atoms with Gasteiger partial charge in [-0.1, -0.05) is 43.9 Å². The van der Waals surface area contributed by atoms with Gasteiger partial charge in [0.05, 0.1) is 7.11 Å². The highest BCUT2D eigenvalue weighted by molar-refractivity contribution is 5.85. The van der Waals surface area contributed by atoms with Crippen LogP contribution in [-0.4, -0.2) is 32.1 Å². The Bertz CT molecular complexity index is 474. The summed E-state index contributed by atoms with van der Waals surface area (Å²) < 4.78 is 5.31. The van der Waals surface area contributed by atoms with Gasteiger partial charge in [-0.15, -0.1) is 12.4 Å². The number of rotatable bonds is 8. The molecule has 4 nitrogen and oxygen atoms in total. The monoisotopic (exact) mass is 354 g/mol. The van der Waals surface area contributed by atoms with Gasteiger partial charge in [-0.25, -0.2) is 0 Å². The van der Waals surface area contributed by atoms with E-state index in [2.05, 4.69) is 10.6 Å². The second-order valence-corrected chi connectivity index (χ2v) is 6.30. The highest BCUT2D eigenvalue weighted by atomic mass is 35.5. The van der Waals surface area contributed by atoms with Gasteiger partial charge in [0.25, 0.3) is 0 Å². The second-order valence-electron chi connectivity index (χ2n) is 6.30. The molecule has 2 rings (SSSR count). The van der Waals surface area contributed by atoms with Crippen LogP contribution >= 0.6 is 12.4 Å². The first-order chi connectivity index (χ1) is 11.3. The molecule has 1 saturated carbocycles. The van der Waals surface area contributed by atoms with Crippen molar-refractivity contribution >= 4 is 18.3 Å². The number of para-hydroxylation sites is 1. The van der Waals surface area contributed by atoms with Crippen LogP contribution in [0.15, 0.2) is 24.3 Å². The fourth-order valence-electron chi connectivity index (χ4n) is 3.21. The van der Waals surface area contributed by atoms with E-state index in [0.29, 0.717) is 25.4 Å². The number of hydrogen-bond acceptors (Lipinski definition) is 3. The molecule has 0 saturated heterocycles. The minimum absolute atomic E-state index is 0. The summed E-state index contributed by atoms with van der Waals surface area (Å²) in [5, 5.41) is 6.58. The number of aryl methyl sites for hydroxylation is 1. The lowest BCUT2D eigenvalue weighted by Gasteiger charge is -2.16. The highest BCUT2D eigenvalue weighted by Crippen LogP contribution is 2.19. The molecule has 0 spiro atoms. The minimum atomic E-state index is 0. The van der Waals surface area contributed by atoms with E-state index in [0.717, 1.165) is 17.9 Å². The molecular weight excluding hydrogens is 324 g/mol. The van der Waals surface area contributed by atoms with Crippen molar-refractivity contribution in [2.75, 3.05) is 20.2 Å². The fraction of sp³-hybridized carbons (Fsp3) is 0.632. The van der Waals surface area contributed by atoms with Crippen molar-refractivity contribution in [3.63, 3.8) is 0 Å². The lowest BCUT2D eigenvalue weighted by molar-refractivity contribution is -0.121. The molecule has 0 heterocycles. The minimum Gasteiger partial charge on any atom is -0.496 e. The molecule has 1 aromatic carbocycles. The van der Waals surface area contributed by atoms with Gasteiger partial charge in [0, 0.05) is 25.6 Å². The number of methoxy groups -OCH3 is 1. The molecule has 0 bridgehead atoms. The first-order valence-electron chi connectivity index (χ1n) is 8.91. The van der Waals surface area contributed by atoms with Gasteiger partial charge in [-0.2, -0.15) is 0 Å². The van der Waals surface area contributed by atoms with E-state index < -0.39 is 0 Å². The van der Waals surface area contributed by atoms with Crippen LogP contribution in [0.5, 0.6) is 5.75 Å². The molecule has 0 unspecified atom stereocenters. The van der Waals surface area contributed by atoms with Crippen molar-refractivity contribution in [2.45, 2.75) is 57.4 Å². The largest absolute Gasteiger partial charge is 0.496 e. The molecule has 2 N–H and O–H groups in total. The van der Waals surface area contributed by atoms with Crippen molar-refractivity contribution in [1.29, 1.82) is 0 Å². The van der Waals surface area contributed by atoms with Crippen LogP contribution in [0.1, 0.15) is 50.5 Å². The van der Waals surface area contributed by atoms with Crippen molar-refractivity contribution in [3.8, 4) is 5.75 Å². The van der Waals surface area contributed by atoms with Crippen LogP contribution in [-0.2, 0) is 11.2 Å². The van der Waals surface area contributed by atoms with Gasteiger partial charge < -0.3 is 15.4 Å². The molecule has 136 valence electrons. The summed E-state index contributed by atoms with van der Waals surface area (Å²) in [6.45, 7) is 1.58. The maximum absolute atomic E-state index is 11.9. The van der Waals surface area contributed by atoms with E-state index in [-0.39, 0.29) is 18.3 Å². The van der Waals surface area contributed by atoms with Crippen LogP contribution in [0.2, 0.25) is 0 Å². The Balaban J connectivity index is 0.00000288. The van der Waals surface area contributed by atoms with Crippen LogP contribution < -0.4 is 15.4 Å². The van der Waals surface area contributed by atoms with Crippen molar-refractivity contribution in [2.24, 2.45) is 0 Å². The summed E-state index contributed by atoms with van der Waals surface area (Å²) in [6.07, 6.45) is 9.20. The van der Waals surface area contributed by atoms with Gasteiger partial charge in [0.2, 0.25) is 5.91 Å². The van der Waals surface area contributed by atoms with E-state index in [9.17, 15) is 4.79 Å². The SMILES string of the molecule is COc1ccccc1CCC(=O)NCCNC1CCCCCC1.Cl. The quantitative estimate of drug-likeness (QED) is 0.555. The van der Waals surface area contributed by atoms with E-state index in [4.69, 9.17) is 4.74 Å². The number of hydrogen-bond donors (Lipinski definition) is 2. The Hall–Kier alpha value is -1.26. The van der Waals surface area contributed by atoms with Crippen LogP contribution in [0.3, 0.4) is 0 Å². The molecule has 1 fully saturated rings. The maximum atomic E-state index is 11.9. The average Bonchev–Trinajstić information content (AvgIpc) is 2.86. The number of carbonyl (C=O) groups is 1. The molecule has 24 heavy (non-hydrogen) atoms. The van der Waals surface area contributed by atoms with Crippen LogP contribution in [0, 0.1) is 0 Å². The molecule has 0 aliphatic heterocycles. The molecule has 1 aliphatic rings. The molecular formula is C19H31ClN2O2. The number of carbonyl (C=O) groups excluding carboxylic acids is 1. The first-order valence-corrected chi connectivity index (χ1v) is 8.91. The molecule has 0 atom stereocenters. The molecule has 1 aromatic rings. The van der Waals surface area contributed by atoms with Gasteiger partial charge in [0.15, 0.2) is 0 Å². The summed E-state index contributed by atoms with van der Waals surface area (Å²) in [7, 11) is 1.66. The Morgan fingerprint density at radius 1 is 1.12 bits per heavy atom. The van der Waals surface area contributed by atoms with Crippen LogP contribution in [0.4, 0.5) is 0 Å². The number of nitrogens with one attached hydrogen (secondary N) is 2. The van der Waals surface area contributed by atoms with Crippen LogP contribution in [0.25, 0.3) is 0 Å². The molecule has 1 amide bonds. The smallest absolute Gasteiger partial charge is 0.220 e. The third-order valence-electron chi connectivity index (χ3n) is 4.55. The zero-order valence-corrected chi connectivity index (χ0v) is 15.5. The molecule has 0 aromatic heterocycles. The number of halogens is 1. The number of amides is 1. The van der Waals surface area contributed by atoms with E-state index in [1.54, 1.807) is 7.11 Å². The Morgan fingerprint density at radius 2 is 1.83 bits per heavy atom. The fourth-order valence-corrected chi connectivity index (χ4v) is 3.21. The number of ether oxygens (including phenoxy) is 1. The van der Waals surface area contributed by atoms with E-state index >= 15 is 0 Å². The van der Waals surface area contributed by atoms with Crippen molar-refractivity contribution < 1.29 is 9.53 Å². The third kappa shape index (κ3) is 7.54. The third-order valence-corrected chi connectivity index (χ3v) is 4.55. The topological polar surface area (TPSA) is 50.4 Å². The second kappa shape index (κ2) is 12.2. The van der Waals surface area contributed by atoms with Gasteiger partial charge in [-0.3, -0.25) is 4.79 Å². The normalized spacial score (nSPS) is 15.2. The van der Waals surface area contributed by atoms with Crippen molar-refractivity contribution in [1.82, 2.24) is 10.6 Å². The Kier molecular flexibility index (Phi) is 10.5. The summed E-state index contributed by atoms with van der Waals surface area (Å²) in [5.74, 6) is 0.967. The van der Waals surface area contributed by atoms with E-state index in [1.165, 1.54) is 38.5 Å². The predicted octanol–water partition coefficient (Wildman–Crippen LogP) is 3.48. The van der Waals surface area contributed by atoms with Crippen molar-refractivity contribution in [3.05, 3.63) is 29.8 Å². The lowest BCUT2D eigenvalue weighted by atomic mass is 10.1. The summed E-state index contributed by atoms with van der Waals surface area (Å²) in [5.41, 5.74) is 1.08. The average molecular weight is 355 g/mol. The number of benzene rings is 1. The standard InChI is InChI=1S/C19H30N2O2.ClH/c1-23-18-11-7-6-8-16(18)12-13-19(22)21-15-14-20-17-9-4-2-3-5-10-17;/h6-8,11,17,20H,2-5,9-10,12-15H2,1H3,(H,21,22);1H. The Labute approximate surface area is 152 Å².